The van der Waals surface area contributed by atoms with Gasteiger partial charge in [0.2, 0.25) is 0 Å². The molecule has 0 radical (unpaired) electrons. The summed E-state index contributed by atoms with van der Waals surface area (Å²) < 4.78 is 33.2. The number of carbonyl (C=O) groups excluding carboxylic acids is 1. The van der Waals surface area contributed by atoms with E-state index in [4.69, 9.17) is 4.74 Å². The van der Waals surface area contributed by atoms with Gasteiger partial charge in [-0.05, 0) is 67.4 Å². The number of nitrogens with zero attached hydrogens (tertiary/aromatic N) is 1. The summed E-state index contributed by atoms with van der Waals surface area (Å²) in [6.45, 7) is 2.45. The van der Waals surface area contributed by atoms with E-state index in [2.05, 4.69) is 4.72 Å². The summed E-state index contributed by atoms with van der Waals surface area (Å²) in [6.07, 6.45) is 0.724. The van der Waals surface area contributed by atoms with Crippen molar-refractivity contribution in [2.45, 2.75) is 18.2 Å². The number of methoxy groups -OCH3 is 1. The molecule has 1 amide bonds. The lowest BCUT2D eigenvalue weighted by Gasteiger charge is -2.19. The Hall–Kier alpha value is -3.32. The van der Waals surface area contributed by atoms with Crippen molar-refractivity contribution in [2.24, 2.45) is 0 Å². The van der Waals surface area contributed by atoms with Crippen molar-refractivity contribution in [3.05, 3.63) is 83.4 Å². The molecular formula is C23H22N2O4S. The van der Waals surface area contributed by atoms with Crippen LogP contribution in [0.3, 0.4) is 0 Å². The van der Waals surface area contributed by atoms with Gasteiger partial charge in [-0.3, -0.25) is 9.52 Å². The molecule has 4 rings (SSSR count). The Kier molecular flexibility index (Phi) is 5.22. The smallest absolute Gasteiger partial charge is 0.261 e. The van der Waals surface area contributed by atoms with Crippen LogP contribution in [0.2, 0.25) is 0 Å². The van der Waals surface area contributed by atoms with E-state index in [0.29, 0.717) is 23.5 Å². The van der Waals surface area contributed by atoms with E-state index in [1.54, 1.807) is 72.7 Å². The zero-order valence-corrected chi connectivity index (χ0v) is 17.6. The monoisotopic (exact) mass is 422 g/mol. The van der Waals surface area contributed by atoms with E-state index in [0.717, 1.165) is 23.2 Å². The molecule has 1 aliphatic heterocycles. The van der Waals surface area contributed by atoms with Gasteiger partial charge in [0, 0.05) is 17.8 Å². The van der Waals surface area contributed by atoms with Gasteiger partial charge in [-0.25, -0.2) is 8.42 Å². The Morgan fingerprint density at radius 2 is 1.70 bits per heavy atom. The lowest BCUT2D eigenvalue weighted by atomic mass is 10.1. The minimum absolute atomic E-state index is 0.130. The lowest BCUT2D eigenvalue weighted by Crippen LogP contribution is -2.28. The van der Waals surface area contributed by atoms with Crippen LogP contribution in [0.1, 0.15) is 21.5 Å². The molecule has 3 aromatic rings. The Balaban J connectivity index is 1.59. The first-order valence-corrected chi connectivity index (χ1v) is 11.0. The first-order chi connectivity index (χ1) is 14.4. The number of amides is 1. The van der Waals surface area contributed by atoms with Crippen LogP contribution in [-0.2, 0) is 16.4 Å². The highest BCUT2D eigenvalue weighted by molar-refractivity contribution is 7.92. The van der Waals surface area contributed by atoms with Crippen LogP contribution in [0.5, 0.6) is 5.75 Å². The van der Waals surface area contributed by atoms with Crippen LogP contribution in [0, 0.1) is 6.92 Å². The number of benzene rings is 3. The van der Waals surface area contributed by atoms with Crippen molar-refractivity contribution in [1.82, 2.24) is 0 Å². The summed E-state index contributed by atoms with van der Waals surface area (Å²) in [4.78, 5) is 14.9. The molecule has 154 valence electrons. The van der Waals surface area contributed by atoms with Crippen LogP contribution < -0.4 is 14.4 Å². The number of rotatable bonds is 5. The molecule has 3 aromatic carbocycles. The van der Waals surface area contributed by atoms with Gasteiger partial charge in [-0.1, -0.05) is 23.8 Å². The van der Waals surface area contributed by atoms with Gasteiger partial charge in [0.05, 0.1) is 17.7 Å². The molecule has 1 aliphatic rings. The number of aryl methyl sites for hydroxylation is 1. The molecule has 6 nitrogen and oxygen atoms in total. The number of nitrogens with one attached hydrogen (secondary N) is 1. The summed E-state index contributed by atoms with van der Waals surface area (Å²) in [7, 11) is -2.14. The third-order valence-electron chi connectivity index (χ3n) is 5.15. The fourth-order valence-corrected chi connectivity index (χ4v) is 4.52. The van der Waals surface area contributed by atoms with E-state index in [1.807, 2.05) is 13.0 Å². The predicted molar refractivity (Wildman–Crippen MR) is 117 cm³/mol. The summed E-state index contributed by atoms with van der Waals surface area (Å²) in [5.41, 5.74) is 3.69. The molecule has 0 aliphatic carbocycles. The fourth-order valence-electron chi connectivity index (χ4n) is 3.47. The second-order valence-corrected chi connectivity index (χ2v) is 8.88. The molecule has 0 spiro atoms. The quantitative estimate of drug-likeness (QED) is 0.674. The van der Waals surface area contributed by atoms with E-state index in [1.165, 1.54) is 0 Å². The SMILES string of the molecule is COc1ccc(C(=O)N2CCc3ccc(NS(=O)(=O)c4ccc(C)cc4)cc32)cc1. The Morgan fingerprint density at radius 1 is 1.00 bits per heavy atom. The highest BCUT2D eigenvalue weighted by Crippen LogP contribution is 2.33. The standard InChI is InChI=1S/C23H22N2O4S/c1-16-3-11-21(12-4-16)30(27,28)24-19-8-5-17-13-14-25(22(17)15-19)23(26)18-6-9-20(29-2)10-7-18/h3-12,15,24H,13-14H2,1-2H3. The normalized spacial score (nSPS) is 13.1. The van der Waals surface area contributed by atoms with Gasteiger partial charge in [-0.15, -0.1) is 0 Å². The third kappa shape index (κ3) is 3.89. The first kappa shape index (κ1) is 20.0. The Morgan fingerprint density at radius 3 is 2.37 bits per heavy atom. The van der Waals surface area contributed by atoms with Crippen molar-refractivity contribution >= 4 is 27.3 Å². The minimum atomic E-state index is -3.71. The van der Waals surface area contributed by atoms with Gasteiger partial charge < -0.3 is 9.64 Å². The number of hydrogen-bond acceptors (Lipinski definition) is 4. The van der Waals surface area contributed by atoms with Gasteiger partial charge in [-0.2, -0.15) is 0 Å². The van der Waals surface area contributed by atoms with Crippen LogP contribution in [0.4, 0.5) is 11.4 Å². The highest BCUT2D eigenvalue weighted by atomic mass is 32.2. The van der Waals surface area contributed by atoms with Gasteiger partial charge >= 0.3 is 0 Å². The molecule has 0 saturated carbocycles. The predicted octanol–water partition coefficient (Wildman–Crippen LogP) is 4.01. The molecule has 30 heavy (non-hydrogen) atoms. The molecule has 1 N–H and O–H groups in total. The number of fused-ring (bicyclic) bond motifs is 1. The zero-order chi connectivity index (χ0) is 21.3. The molecular weight excluding hydrogens is 400 g/mol. The van der Waals surface area contributed by atoms with E-state index < -0.39 is 10.0 Å². The van der Waals surface area contributed by atoms with E-state index in [9.17, 15) is 13.2 Å². The summed E-state index contributed by atoms with van der Waals surface area (Å²) in [5, 5.41) is 0. The third-order valence-corrected chi connectivity index (χ3v) is 6.54. The second-order valence-electron chi connectivity index (χ2n) is 7.20. The molecule has 0 unspecified atom stereocenters. The maximum atomic E-state index is 13.0. The average Bonchev–Trinajstić information content (AvgIpc) is 3.16. The van der Waals surface area contributed by atoms with Crippen molar-refractivity contribution in [2.75, 3.05) is 23.3 Å². The maximum absolute atomic E-state index is 13.0. The number of hydrogen-bond donors (Lipinski definition) is 1. The first-order valence-electron chi connectivity index (χ1n) is 9.56. The summed E-state index contributed by atoms with van der Waals surface area (Å²) >= 11 is 0. The van der Waals surface area contributed by atoms with Crippen molar-refractivity contribution in [1.29, 1.82) is 0 Å². The number of carbonyl (C=O) groups is 1. The minimum Gasteiger partial charge on any atom is -0.497 e. The molecule has 7 heteroatoms. The van der Waals surface area contributed by atoms with Gasteiger partial charge in [0.1, 0.15) is 5.75 Å². The summed E-state index contributed by atoms with van der Waals surface area (Å²) in [5.74, 6) is 0.552. The average molecular weight is 423 g/mol. The van der Waals surface area contributed by atoms with Crippen LogP contribution in [-0.4, -0.2) is 28.0 Å². The summed E-state index contributed by atoms with van der Waals surface area (Å²) in [6, 6.07) is 18.9. The second kappa shape index (κ2) is 7.84. The molecule has 0 saturated heterocycles. The van der Waals surface area contributed by atoms with Crippen LogP contribution >= 0.6 is 0 Å². The Bertz CT molecular complexity index is 1190. The topological polar surface area (TPSA) is 75.7 Å². The number of sulfonamides is 1. The molecule has 0 fully saturated rings. The molecule has 0 bridgehead atoms. The van der Waals surface area contributed by atoms with E-state index >= 15 is 0 Å². The number of ether oxygens (including phenoxy) is 1. The van der Waals surface area contributed by atoms with Crippen LogP contribution in [0.15, 0.2) is 71.6 Å². The molecule has 0 atom stereocenters. The van der Waals surface area contributed by atoms with Crippen molar-refractivity contribution < 1.29 is 17.9 Å². The lowest BCUT2D eigenvalue weighted by molar-refractivity contribution is 0.0989. The molecule has 0 aromatic heterocycles. The van der Waals surface area contributed by atoms with Gasteiger partial charge in [0.25, 0.3) is 15.9 Å². The maximum Gasteiger partial charge on any atom is 0.261 e. The largest absolute Gasteiger partial charge is 0.497 e. The van der Waals surface area contributed by atoms with Gasteiger partial charge in [0.15, 0.2) is 0 Å². The zero-order valence-electron chi connectivity index (χ0n) is 16.8. The highest BCUT2D eigenvalue weighted by Gasteiger charge is 2.26. The van der Waals surface area contributed by atoms with Crippen molar-refractivity contribution in [3.63, 3.8) is 0 Å². The van der Waals surface area contributed by atoms with Crippen molar-refractivity contribution in [3.8, 4) is 5.75 Å². The Labute approximate surface area is 176 Å². The molecule has 1 heterocycles. The van der Waals surface area contributed by atoms with E-state index in [-0.39, 0.29) is 10.8 Å². The fraction of sp³-hybridized carbons (Fsp3) is 0.174. The van der Waals surface area contributed by atoms with Crippen LogP contribution in [0.25, 0.3) is 0 Å². The number of anilines is 2.